The number of piperazine rings is 1. The minimum atomic E-state index is -0.241. The third-order valence-corrected chi connectivity index (χ3v) is 6.71. The van der Waals surface area contributed by atoms with E-state index in [1.54, 1.807) is 0 Å². The maximum absolute atomic E-state index is 12.6. The highest BCUT2D eigenvalue weighted by Gasteiger charge is 2.25. The molecule has 1 aliphatic rings. The number of carbonyl (C=O) groups is 1. The molecule has 0 aliphatic carbocycles. The van der Waals surface area contributed by atoms with E-state index in [0.29, 0.717) is 18.1 Å². The fraction of sp³-hybridized carbons (Fsp3) is 0.310. The Balaban J connectivity index is 1.45. The second-order valence-corrected chi connectivity index (χ2v) is 10.8. The molecule has 0 spiro atoms. The lowest BCUT2D eigenvalue weighted by Crippen LogP contribution is -2.54. The smallest absolute Gasteiger partial charge is 0.317 e. The number of halogens is 1. The Morgan fingerprint density at radius 1 is 0.889 bits per heavy atom. The molecule has 2 amide bonds. The van der Waals surface area contributed by atoms with E-state index >= 15 is 0 Å². The lowest BCUT2D eigenvalue weighted by molar-refractivity contribution is 0.130. The fourth-order valence-corrected chi connectivity index (χ4v) is 4.73. The number of hydrogen-bond donors (Lipinski definition) is 1. The van der Waals surface area contributed by atoms with Gasteiger partial charge in [-0.05, 0) is 56.2 Å². The summed E-state index contributed by atoms with van der Waals surface area (Å²) in [6, 6.07) is 22.5. The fourth-order valence-electron chi connectivity index (χ4n) is 4.61. The second-order valence-electron chi connectivity index (χ2n) is 10.4. The van der Waals surface area contributed by atoms with Crippen molar-refractivity contribution in [2.45, 2.75) is 32.9 Å². The third kappa shape index (κ3) is 5.40. The molecule has 3 heterocycles. The molecule has 4 aromatic rings. The first kappa shape index (κ1) is 24.3. The molecule has 0 atom stereocenters. The molecule has 7 heteroatoms. The highest BCUT2D eigenvalue weighted by molar-refractivity contribution is 6.30. The molecule has 5 rings (SSSR count). The van der Waals surface area contributed by atoms with Gasteiger partial charge in [-0.3, -0.25) is 4.90 Å². The lowest BCUT2D eigenvalue weighted by Gasteiger charge is -2.36. The number of rotatable bonds is 4. The Labute approximate surface area is 217 Å². The highest BCUT2D eigenvalue weighted by Crippen LogP contribution is 2.29. The largest absolute Gasteiger partial charge is 0.333 e. The van der Waals surface area contributed by atoms with Gasteiger partial charge in [-0.2, -0.15) is 0 Å². The van der Waals surface area contributed by atoms with Crippen LogP contribution in [0.25, 0.3) is 28.0 Å². The molecule has 1 fully saturated rings. The van der Waals surface area contributed by atoms with Crippen molar-refractivity contribution in [3.63, 3.8) is 0 Å². The zero-order valence-electron chi connectivity index (χ0n) is 21.0. The quantitative estimate of drug-likeness (QED) is 0.376. The van der Waals surface area contributed by atoms with E-state index in [9.17, 15) is 4.79 Å². The van der Waals surface area contributed by atoms with E-state index < -0.39 is 0 Å². The van der Waals surface area contributed by atoms with E-state index in [1.165, 1.54) is 5.56 Å². The maximum atomic E-state index is 12.6. The molecule has 1 aliphatic heterocycles. The molecule has 0 radical (unpaired) electrons. The second kappa shape index (κ2) is 9.96. The molecule has 1 saturated heterocycles. The first-order valence-corrected chi connectivity index (χ1v) is 12.8. The van der Waals surface area contributed by atoms with Crippen LogP contribution in [0, 0.1) is 0 Å². The summed E-state index contributed by atoms with van der Waals surface area (Å²) in [6.45, 7) is 9.78. The molecule has 0 unspecified atom stereocenters. The van der Waals surface area contributed by atoms with Crippen LogP contribution >= 0.6 is 11.6 Å². The number of nitrogens with zero attached hydrogens (tertiary/aromatic N) is 4. The van der Waals surface area contributed by atoms with Gasteiger partial charge in [0, 0.05) is 55.0 Å². The maximum Gasteiger partial charge on any atom is 0.317 e. The zero-order valence-corrected chi connectivity index (χ0v) is 21.8. The number of nitrogens with one attached hydrogen (secondary N) is 1. The van der Waals surface area contributed by atoms with Gasteiger partial charge in [-0.1, -0.05) is 54.1 Å². The summed E-state index contributed by atoms with van der Waals surface area (Å²) in [5.41, 5.74) is 6.13. The summed E-state index contributed by atoms with van der Waals surface area (Å²) in [7, 11) is 0. The monoisotopic (exact) mass is 501 g/mol. The summed E-state index contributed by atoms with van der Waals surface area (Å²) < 4.78 is 2.21. The molecule has 36 heavy (non-hydrogen) atoms. The number of fused-ring (bicyclic) bond motifs is 1. The summed E-state index contributed by atoms with van der Waals surface area (Å²) >= 11 is 6.17. The molecule has 0 bridgehead atoms. The van der Waals surface area contributed by atoms with Crippen LogP contribution in [-0.4, -0.2) is 56.9 Å². The third-order valence-electron chi connectivity index (χ3n) is 6.46. The van der Waals surface area contributed by atoms with Gasteiger partial charge in [0.15, 0.2) is 0 Å². The lowest BCUT2D eigenvalue weighted by atomic mass is 10.1. The topological polar surface area (TPSA) is 52.9 Å². The normalized spacial score (nSPS) is 14.8. The van der Waals surface area contributed by atoms with Gasteiger partial charge in [0.05, 0.1) is 11.4 Å². The Bertz CT molecular complexity index is 1350. The number of pyridine rings is 1. The number of urea groups is 1. The van der Waals surface area contributed by atoms with E-state index in [0.717, 1.165) is 47.8 Å². The van der Waals surface area contributed by atoms with Crippen LogP contribution in [0.3, 0.4) is 0 Å². The number of imidazole rings is 1. The van der Waals surface area contributed by atoms with E-state index in [1.807, 2.05) is 56.0 Å². The van der Waals surface area contributed by atoms with Gasteiger partial charge in [-0.15, -0.1) is 0 Å². The molecule has 1 N–H and O–H groups in total. The van der Waals surface area contributed by atoms with Crippen LogP contribution < -0.4 is 5.32 Å². The Morgan fingerprint density at radius 2 is 1.56 bits per heavy atom. The van der Waals surface area contributed by atoms with Crippen molar-refractivity contribution in [1.29, 1.82) is 0 Å². The van der Waals surface area contributed by atoms with Crippen LogP contribution in [0.4, 0.5) is 4.79 Å². The predicted octanol–water partition coefficient (Wildman–Crippen LogP) is 5.95. The number of aromatic nitrogens is 2. The van der Waals surface area contributed by atoms with Crippen LogP contribution in [0.2, 0.25) is 5.02 Å². The van der Waals surface area contributed by atoms with E-state index in [2.05, 4.69) is 57.2 Å². The van der Waals surface area contributed by atoms with Gasteiger partial charge in [0.1, 0.15) is 5.65 Å². The average Bonchev–Trinajstić information content (AvgIpc) is 3.22. The van der Waals surface area contributed by atoms with Gasteiger partial charge in [0.25, 0.3) is 0 Å². The van der Waals surface area contributed by atoms with E-state index in [-0.39, 0.29) is 11.6 Å². The van der Waals surface area contributed by atoms with Crippen molar-refractivity contribution in [3.8, 4) is 22.4 Å². The molecule has 2 aromatic carbocycles. The van der Waals surface area contributed by atoms with Gasteiger partial charge >= 0.3 is 6.03 Å². The zero-order chi connectivity index (χ0) is 25.3. The van der Waals surface area contributed by atoms with E-state index in [4.69, 9.17) is 16.6 Å². The van der Waals surface area contributed by atoms with Gasteiger partial charge in [-0.25, -0.2) is 9.78 Å². The predicted molar refractivity (Wildman–Crippen MR) is 146 cm³/mol. The number of hydrogen-bond acceptors (Lipinski definition) is 3. The molecular weight excluding hydrogens is 470 g/mol. The molecule has 186 valence electrons. The molecule has 0 saturated carbocycles. The molecule has 2 aromatic heterocycles. The number of carbonyl (C=O) groups excluding carboxylic acids is 1. The first-order chi connectivity index (χ1) is 17.3. The molecule has 6 nitrogen and oxygen atoms in total. The minimum absolute atomic E-state index is 0.00584. The Kier molecular flexibility index (Phi) is 6.73. The standard InChI is InChI=1S/C29H32ClN5O/c1-29(2,3)32-28(36)34-17-15-33(16-18-34)20-25-27(22-9-12-24(30)13-10-22)31-26-14-11-23(19-35(25)26)21-7-5-4-6-8-21/h4-14,19H,15-18,20H2,1-3H3,(H,32,36). The van der Waals surface area contributed by atoms with Crippen molar-refractivity contribution in [2.75, 3.05) is 26.2 Å². The SMILES string of the molecule is CC(C)(C)NC(=O)N1CCN(Cc2c(-c3ccc(Cl)cc3)nc3ccc(-c4ccccc4)cn23)CC1. The Hall–Kier alpha value is -3.35. The van der Waals surface area contributed by atoms with Crippen molar-refractivity contribution in [3.05, 3.63) is 83.6 Å². The van der Waals surface area contributed by atoms with Gasteiger partial charge < -0.3 is 14.6 Å². The number of amides is 2. The van der Waals surface area contributed by atoms with Crippen molar-refractivity contribution in [1.82, 2.24) is 24.5 Å². The first-order valence-electron chi connectivity index (χ1n) is 12.4. The summed E-state index contributed by atoms with van der Waals surface area (Å²) in [6.07, 6.45) is 2.18. The van der Waals surface area contributed by atoms with Gasteiger partial charge in [0.2, 0.25) is 0 Å². The number of benzene rings is 2. The summed E-state index contributed by atoms with van der Waals surface area (Å²) in [5.74, 6) is 0. The molecular formula is C29H32ClN5O. The van der Waals surface area contributed by atoms with Crippen molar-refractivity contribution in [2.24, 2.45) is 0 Å². The van der Waals surface area contributed by atoms with Crippen LogP contribution in [0.15, 0.2) is 72.9 Å². The minimum Gasteiger partial charge on any atom is -0.333 e. The summed E-state index contributed by atoms with van der Waals surface area (Å²) in [5, 5.41) is 3.78. The van der Waals surface area contributed by atoms with Crippen molar-refractivity contribution < 1.29 is 4.79 Å². The van der Waals surface area contributed by atoms with Crippen LogP contribution in [-0.2, 0) is 6.54 Å². The van der Waals surface area contributed by atoms with Crippen molar-refractivity contribution >= 4 is 23.3 Å². The average molecular weight is 502 g/mol. The van der Waals surface area contributed by atoms with Crippen LogP contribution in [0.1, 0.15) is 26.5 Å². The Morgan fingerprint density at radius 3 is 2.22 bits per heavy atom. The highest BCUT2D eigenvalue weighted by atomic mass is 35.5. The van der Waals surface area contributed by atoms with Crippen LogP contribution in [0.5, 0.6) is 0 Å². The summed E-state index contributed by atoms with van der Waals surface area (Å²) in [4.78, 5) is 21.9.